The Kier molecular flexibility index (Phi) is 7.14. The molecule has 0 saturated heterocycles. The number of aromatic amines is 1. The summed E-state index contributed by atoms with van der Waals surface area (Å²) in [6.07, 6.45) is 3.53. The van der Waals surface area contributed by atoms with Gasteiger partial charge < -0.3 is 9.72 Å². The van der Waals surface area contributed by atoms with E-state index in [1.165, 1.54) is 0 Å². The second-order valence-corrected chi connectivity index (χ2v) is 9.63. The summed E-state index contributed by atoms with van der Waals surface area (Å²) < 4.78 is 7.81. The zero-order valence-electron chi connectivity index (χ0n) is 21.7. The van der Waals surface area contributed by atoms with Crippen molar-refractivity contribution in [2.45, 2.75) is 6.61 Å². The molecule has 198 valence electrons. The number of rotatable bonds is 7. The van der Waals surface area contributed by atoms with E-state index >= 15 is 0 Å². The van der Waals surface area contributed by atoms with E-state index in [9.17, 15) is 10.1 Å². The molecule has 0 atom stereocenters. The lowest BCUT2D eigenvalue weighted by molar-refractivity contribution is 0.306. The van der Waals surface area contributed by atoms with Crippen molar-refractivity contribution in [1.82, 2.24) is 19.7 Å². The Labute approximate surface area is 240 Å². The molecule has 0 aliphatic heterocycles. The van der Waals surface area contributed by atoms with E-state index in [0.29, 0.717) is 39.5 Å². The molecule has 1 N–H and O–H groups in total. The summed E-state index contributed by atoms with van der Waals surface area (Å²) in [6, 6.07) is 34.0. The highest BCUT2D eigenvalue weighted by Gasteiger charge is 2.15. The van der Waals surface area contributed by atoms with Crippen molar-refractivity contribution in [1.29, 1.82) is 5.26 Å². The number of hydrogen-bond acceptors (Lipinski definition) is 5. The number of benzene rings is 4. The molecular weight excluding hydrogens is 534 g/mol. The highest BCUT2D eigenvalue weighted by Crippen LogP contribution is 2.30. The number of nitrogens with one attached hydrogen (secondary N) is 1. The van der Waals surface area contributed by atoms with Crippen LogP contribution in [0.25, 0.3) is 39.5 Å². The van der Waals surface area contributed by atoms with Gasteiger partial charge in [-0.3, -0.25) is 4.79 Å². The van der Waals surface area contributed by atoms with Gasteiger partial charge in [0.05, 0.1) is 22.2 Å². The molecule has 0 radical (unpaired) electrons. The molecule has 0 unspecified atom stereocenters. The van der Waals surface area contributed by atoms with Crippen LogP contribution in [0.3, 0.4) is 0 Å². The van der Waals surface area contributed by atoms with Crippen molar-refractivity contribution in [3.05, 3.63) is 142 Å². The summed E-state index contributed by atoms with van der Waals surface area (Å²) in [6.45, 7) is 0.313. The second-order valence-electron chi connectivity index (χ2n) is 9.22. The van der Waals surface area contributed by atoms with Gasteiger partial charge >= 0.3 is 0 Å². The van der Waals surface area contributed by atoms with Crippen LogP contribution < -0.4 is 10.3 Å². The van der Waals surface area contributed by atoms with Gasteiger partial charge in [0.25, 0.3) is 5.56 Å². The maximum atomic E-state index is 12.7. The standard InChI is InChI=1S/C33H22ClN5O2/c34-29-15-6-4-9-23(29)21-41-27-13-8-10-22(18-27)31-25(20-39(38-31)26-11-2-1-3-12-26)17-24(19-35)32-36-30-16-7-5-14-28(30)33(40)37-32/h1-18,20H,21H2,(H,36,37,40)/b24-17-. The fourth-order valence-electron chi connectivity index (χ4n) is 4.46. The van der Waals surface area contributed by atoms with E-state index in [-0.39, 0.29) is 17.0 Å². The predicted octanol–water partition coefficient (Wildman–Crippen LogP) is 7.07. The lowest BCUT2D eigenvalue weighted by atomic mass is 10.1. The largest absolute Gasteiger partial charge is 0.489 e. The Morgan fingerprint density at radius 2 is 1.76 bits per heavy atom. The molecule has 41 heavy (non-hydrogen) atoms. The summed E-state index contributed by atoms with van der Waals surface area (Å²) in [5.41, 5.74) is 4.23. The number of aromatic nitrogens is 4. The summed E-state index contributed by atoms with van der Waals surface area (Å²) in [5.74, 6) is 0.832. The van der Waals surface area contributed by atoms with Gasteiger partial charge in [-0.1, -0.05) is 72.3 Å². The van der Waals surface area contributed by atoms with Crippen molar-refractivity contribution in [2.75, 3.05) is 0 Å². The van der Waals surface area contributed by atoms with Crippen molar-refractivity contribution in [3.63, 3.8) is 0 Å². The van der Waals surface area contributed by atoms with Gasteiger partial charge in [-0.05, 0) is 48.5 Å². The maximum absolute atomic E-state index is 12.7. The van der Waals surface area contributed by atoms with Crippen LogP contribution in [0.1, 0.15) is 17.0 Å². The van der Waals surface area contributed by atoms with E-state index in [1.807, 2.05) is 85.1 Å². The molecule has 6 rings (SSSR count). The highest BCUT2D eigenvalue weighted by atomic mass is 35.5. The molecule has 2 aromatic heterocycles. The highest BCUT2D eigenvalue weighted by molar-refractivity contribution is 6.31. The first-order chi connectivity index (χ1) is 20.1. The lowest BCUT2D eigenvalue weighted by Crippen LogP contribution is -2.11. The quantitative estimate of drug-likeness (QED) is 0.212. The third kappa shape index (κ3) is 5.50. The van der Waals surface area contributed by atoms with Crippen molar-refractivity contribution >= 4 is 34.2 Å². The molecule has 4 aromatic carbocycles. The van der Waals surface area contributed by atoms with E-state index in [1.54, 1.807) is 35.0 Å². The molecule has 0 amide bonds. The molecule has 0 aliphatic rings. The zero-order valence-corrected chi connectivity index (χ0v) is 22.4. The Hall–Kier alpha value is -5.45. The second kappa shape index (κ2) is 11.3. The van der Waals surface area contributed by atoms with Crippen LogP contribution in [0.5, 0.6) is 5.75 Å². The van der Waals surface area contributed by atoms with E-state index in [0.717, 1.165) is 16.8 Å². The minimum Gasteiger partial charge on any atom is -0.489 e. The van der Waals surface area contributed by atoms with Crippen molar-refractivity contribution in [2.24, 2.45) is 0 Å². The smallest absolute Gasteiger partial charge is 0.259 e. The summed E-state index contributed by atoms with van der Waals surface area (Å²) in [5, 5.41) is 16.1. The number of H-pyrrole nitrogens is 1. The van der Waals surface area contributed by atoms with Gasteiger partial charge in [0.15, 0.2) is 5.82 Å². The van der Waals surface area contributed by atoms with Crippen molar-refractivity contribution < 1.29 is 4.74 Å². The van der Waals surface area contributed by atoms with Gasteiger partial charge in [0, 0.05) is 27.9 Å². The molecule has 7 nitrogen and oxygen atoms in total. The maximum Gasteiger partial charge on any atom is 0.259 e. The van der Waals surface area contributed by atoms with Crippen LogP contribution in [0.15, 0.2) is 114 Å². The van der Waals surface area contributed by atoms with Gasteiger partial charge in [-0.2, -0.15) is 10.4 Å². The third-order valence-corrected chi connectivity index (χ3v) is 6.88. The molecule has 0 saturated carbocycles. The van der Waals surface area contributed by atoms with Crippen LogP contribution in [0, 0.1) is 11.3 Å². The molecular formula is C33H22ClN5O2. The third-order valence-electron chi connectivity index (χ3n) is 6.51. The van der Waals surface area contributed by atoms with Gasteiger partial charge in [0.2, 0.25) is 0 Å². The first kappa shape index (κ1) is 25.8. The summed E-state index contributed by atoms with van der Waals surface area (Å²) in [4.78, 5) is 20.0. The number of nitriles is 1. The Balaban J connectivity index is 1.42. The van der Waals surface area contributed by atoms with Crippen LogP contribution in [-0.4, -0.2) is 19.7 Å². The van der Waals surface area contributed by atoms with Crippen molar-refractivity contribution in [3.8, 4) is 28.8 Å². The SMILES string of the molecule is N#C/C(=C/c1cn(-c2ccccc2)nc1-c1cccc(OCc2ccccc2Cl)c1)c1nc2ccccc2c(=O)[nH]1. The summed E-state index contributed by atoms with van der Waals surface area (Å²) >= 11 is 6.30. The number of halogens is 1. The average Bonchev–Trinajstić information content (AvgIpc) is 3.44. The Morgan fingerprint density at radius 1 is 0.976 bits per heavy atom. The van der Waals surface area contributed by atoms with E-state index in [4.69, 9.17) is 21.4 Å². The first-order valence-corrected chi connectivity index (χ1v) is 13.2. The molecule has 0 fully saturated rings. The number of nitrogens with zero attached hydrogens (tertiary/aromatic N) is 4. The Bertz CT molecular complexity index is 2000. The fraction of sp³-hybridized carbons (Fsp3) is 0.0303. The molecule has 8 heteroatoms. The minimum atomic E-state index is -0.310. The van der Waals surface area contributed by atoms with E-state index < -0.39 is 0 Å². The van der Waals surface area contributed by atoms with E-state index in [2.05, 4.69) is 16.0 Å². The Morgan fingerprint density at radius 3 is 2.59 bits per heavy atom. The molecule has 0 bridgehead atoms. The van der Waals surface area contributed by atoms with Gasteiger partial charge in [-0.25, -0.2) is 9.67 Å². The molecule has 6 aromatic rings. The fourth-order valence-corrected chi connectivity index (χ4v) is 4.65. The lowest BCUT2D eigenvalue weighted by Gasteiger charge is -2.09. The summed E-state index contributed by atoms with van der Waals surface area (Å²) in [7, 11) is 0. The topological polar surface area (TPSA) is 96.6 Å². The monoisotopic (exact) mass is 555 g/mol. The number of allylic oxidation sites excluding steroid dienone is 1. The normalized spacial score (nSPS) is 11.4. The van der Waals surface area contributed by atoms with Gasteiger partial charge in [-0.15, -0.1) is 0 Å². The van der Waals surface area contributed by atoms with Gasteiger partial charge in [0.1, 0.15) is 24.1 Å². The van der Waals surface area contributed by atoms with Crippen LogP contribution in [-0.2, 0) is 6.61 Å². The number of fused-ring (bicyclic) bond motifs is 1. The first-order valence-electron chi connectivity index (χ1n) is 12.8. The number of hydrogen-bond donors (Lipinski definition) is 1. The number of ether oxygens (including phenoxy) is 1. The van der Waals surface area contributed by atoms with Crippen LogP contribution in [0.4, 0.5) is 0 Å². The minimum absolute atomic E-state index is 0.187. The average molecular weight is 556 g/mol. The molecule has 0 spiro atoms. The molecule has 2 heterocycles. The molecule has 0 aliphatic carbocycles. The number of para-hydroxylation sites is 2. The van der Waals surface area contributed by atoms with Crippen LogP contribution in [0.2, 0.25) is 5.02 Å². The zero-order chi connectivity index (χ0) is 28.2. The van der Waals surface area contributed by atoms with Crippen LogP contribution >= 0.6 is 11.6 Å². The predicted molar refractivity (Wildman–Crippen MR) is 161 cm³/mol.